The molecule has 0 aliphatic carbocycles. The molecule has 1 heterocycles. The summed E-state index contributed by atoms with van der Waals surface area (Å²) in [4.78, 5) is 4.85. The first-order valence-electron chi connectivity index (χ1n) is 18.4. The average molecular weight is 642 g/mol. The fraction of sp³-hybridized carbons (Fsp3) is 0.255. The van der Waals surface area contributed by atoms with Gasteiger partial charge in [-0.2, -0.15) is 0 Å². The van der Waals surface area contributed by atoms with Gasteiger partial charge < -0.3 is 5.11 Å². The average Bonchev–Trinajstić information content (AvgIpc) is 3.15. The maximum atomic E-state index is 9.96. The molecule has 1 N–H and O–H groups in total. The molecule has 0 unspecified atom stereocenters. The minimum absolute atomic E-state index is 0.279. The topological polar surface area (TPSA) is 33.1 Å². The summed E-state index contributed by atoms with van der Waals surface area (Å²) in [6.45, 7) is 2.28. The zero-order chi connectivity index (χ0) is 33.4. The Morgan fingerprint density at radius 2 is 0.918 bits per heavy atom. The highest BCUT2D eigenvalue weighted by Crippen LogP contribution is 2.44. The minimum atomic E-state index is 0.279. The first-order chi connectivity index (χ1) is 24.2. The zero-order valence-corrected chi connectivity index (χ0v) is 28.8. The lowest BCUT2D eigenvalue weighted by Gasteiger charge is -2.18. The molecular weight excluding hydrogens is 595 g/mol. The van der Waals surface area contributed by atoms with Crippen molar-refractivity contribution in [3.63, 3.8) is 0 Å². The first-order valence-corrected chi connectivity index (χ1v) is 18.4. The molecule has 7 rings (SSSR count). The summed E-state index contributed by atoms with van der Waals surface area (Å²) in [7, 11) is 0. The fourth-order valence-corrected chi connectivity index (χ4v) is 7.50. The van der Waals surface area contributed by atoms with Crippen LogP contribution < -0.4 is 0 Å². The molecule has 49 heavy (non-hydrogen) atoms. The van der Waals surface area contributed by atoms with Crippen LogP contribution in [-0.4, -0.2) is 10.1 Å². The van der Waals surface area contributed by atoms with Crippen molar-refractivity contribution in [3.8, 4) is 39.1 Å². The minimum Gasteiger partial charge on any atom is -0.508 e. The summed E-state index contributed by atoms with van der Waals surface area (Å²) in [5.74, 6) is 0.279. The number of unbranched alkanes of at least 4 members (excludes halogenated alkanes) is 9. The van der Waals surface area contributed by atoms with E-state index in [1.54, 1.807) is 12.1 Å². The Labute approximate surface area is 291 Å². The predicted octanol–water partition coefficient (Wildman–Crippen LogP) is 13.7. The van der Waals surface area contributed by atoms with Gasteiger partial charge in [0.15, 0.2) is 0 Å². The van der Waals surface area contributed by atoms with E-state index < -0.39 is 0 Å². The third-order valence-corrected chi connectivity index (χ3v) is 10.2. The summed E-state index contributed by atoms with van der Waals surface area (Å²) in [5, 5.41) is 17.3. The number of benzene rings is 6. The molecule has 6 aromatic carbocycles. The molecule has 7 aromatic rings. The summed E-state index contributed by atoms with van der Waals surface area (Å²) in [6, 6.07) is 43.0. The lowest BCUT2D eigenvalue weighted by Crippen LogP contribution is -1.92. The summed E-state index contributed by atoms with van der Waals surface area (Å²) in [5.41, 5.74) is 8.37. The molecule has 0 radical (unpaired) electrons. The number of hydrogen-bond acceptors (Lipinski definition) is 2. The van der Waals surface area contributed by atoms with Crippen LogP contribution in [0.2, 0.25) is 0 Å². The first kappa shape index (κ1) is 32.6. The van der Waals surface area contributed by atoms with E-state index in [1.165, 1.54) is 130 Å². The Kier molecular flexibility index (Phi) is 10.3. The van der Waals surface area contributed by atoms with Crippen LogP contribution in [0.4, 0.5) is 0 Å². The fourth-order valence-electron chi connectivity index (χ4n) is 7.50. The van der Waals surface area contributed by atoms with Gasteiger partial charge in [0, 0.05) is 17.3 Å². The third kappa shape index (κ3) is 7.39. The zero-order valence-electron chi connectivity index (χ0n) is 28.8. The number of aromatic hydroxyl groups is 1. The van der Waals surface area contributed by atoms with Crippen molar-refractivity contribution in [2.45, 2.75) is 77.6 Å². The van der Waals surface area contributed by atoms with Crippen molar-refractivity contribution in [1.29, 1.82) is 0 Å². The monoisotopic (exact) mass is 641 g/mol. The molecular formula is C47H47NO. The smallest absolute Gasteiger partial charge is 0.115 e. The Morgan fingerprint density at radius 3 is 1.47 bits per heavy atom. The van der Waals surface area contributed by atoms with Gasteiger partial charge >= 0.3 is 0 Å². The van der Waals surface area contributed by atoms with Gasteiger partial charge in [-0.1, -0.05) is 162 Å². The van der Waals surface area contributed by atoms with E-state index >= 15 is 0 Å². The molecule has 246 valence electrons. The van der Waals surface area contributed by atoms with Crippen molar-refractivity contribution in [2.75, 3.05) is 0 Å². The highest BCUT2D eigenvalue weighted by Gasteiger charge is 2.16. The number of pyridine rings is 1. The highest BCUT2D eigenvalue weighted by molar-refractivity contribution is 6.21. The SMILES string of the molecule is CCCCCCCCCCCCc1cc2ccc(-c3ccc(-c4c5ccccc5c(-c5ccc(O)cc5)c5ccccc45)cc3)cc2cn1. The largest absolute Gasteiger partial charge is 0.508 e. The van der Waals surface area contributed by atoms with Crippen molar-refractivity contribution in [3.05, 3.63) is 133 Å². The molecule has 1 aromatic heterocycles. The summed E-state index contributed by atoms with van der Waals surface area (Å²) < 4.78 is 0. The van der Waals surface area contributed by atoms with Gasteiger partial charge in [-0.25, -0.2) is 0 Å². The lowest BCUT2D eigenvalue weighted by atomic mass is 9.85. The standard InChI is InChI=1S/C47H47NO/c1-2-3-4-5-6-7-8-9-10-11-16-40-32-38-26-25-37(31-39(38)33-48-40)34-21-23-35(24-22-34)46-42-17-12-14-19-44(42)47(36-27-29-41(49)30-28-36)45-20-15-13-18-43(45)46/h12-15,17-33,49H,2-11,16H2,1H3. The van der Waals surface area contributed by atoms with E-state index in [1.807, 2.05) is 12.1 Å². The molecule has 0 bridgehead atoms. The van der Waals surface area contributed by atoms with Crippen LogP contribution in [0.1, 0.15) is 76.8 Å². The molecule has 0 amide bonds. The number of rotatable bonds is 14. The molecule has 0 fully saturated rings. The van der Waals surface area contributed by atoms with E-state index in [2.05, 4.69) is 110 Å². The van der Waals surface area contributed by atoms with Gasteiger partial charge in [0.25, 0.3) is 0 Å². The molecule has 0 saturated heterocycles. The van der Waals surface area contributed by atoms with Crippen LogP contribution in [0.5, 0.6) is 5.75 Å². The maximum absolute atomic E-state index is 9.96. The lowest BCUT2D eigenvalue weighted by molar-refractivity contribution is 0.475. The quantitative estimate of drug-likeness (QED) is 0.0947. The highest BCUT2D eigenvalue weighted by atomic mass is 16.3. The number of aromatic nitrogens is 1. The van der Waals surface area contributed by atoms with Gasteiger partial charge in [-0.05, 0) is 97.4 Å². The van der Waals surface area contributed by atoms with Crippen LogP contribution in [0.25, 0.3) is 65.7 Å². The number of hydrogen-bond donors (Lipinski definition) is 1. The number of fused-ring (bicyclic) bond motifs is 3. The van der Waals surface area contributed by atoms with Crippen molar-refractivity contribution >= 4 is 32.3 Å². The Bertz CT molecular complexity index is 2100. The predicted molar refractivity (Wildman–Crippen MR) is 210 cm³/mol. The van der Waals surface area contributed by atoms with E-state index in [-0.39, 0.29) is 5.75 Å². The molecule has 0 spiro atoms. The van der Waals surface area contributed by atoms with Crippen molar-refractivity contribution < 1.29 is 5.11 Å². The van der Waals surface area contributed by atoms with E-state index in [4.69, 9.17) is 4.98 Å². The van der Waals surface area contributed by atoms with Gasteiger partial charge in [0.2, 0.25) is 0 Å². The van der Waals surface area contributed by atoms with Crippen LogP contribution in [0.3, 0.4) is 0 Å². The van der Waals surface area contributed by atoms with E-state index in [0.29, 0.717) is 0 Å². The Morgan fingerprint density at radius 1 is 0.449 bits per heavy atom. The number of nitrogens with zero attached hydrogens (tertiary/aromatic N) is 1. The van der Waals surface area contributed by atoms with E-state index in [0.717, 1.165) is 12.0 Å². The van der Waals surface area contributed by atoms with Crippen molar-refractivity contribution in [1.82, 2.24) is 4.98 Å². The normalized spacial score (nSPS) is 11.5. The third-order valence-electron chi connectivity index (χ3n) is 10.2. The molecule has 0 aliphatic heterocycles. The van der Waals surface area contributed by atoms with Crippen LogP contribution in [0.15, 0.2) is 128 Å². The number of phenolic OH excluding ortho intramolecular Hbond substituents is 1. The van der Waals surface area contributed by atoms with Crippen LogP contribution in [-0.2, 0) is 6.42 Å². The van der Waals surface area contributed by atoms with Gasteiger partial charge in [0.05, 0.1) is 0 Å². The molecule has 2 heteroatoms. The molecule has 0 saturated carbocycles. The van der Waals surface area contributed by atoms with Crippen LogP contribution in [0, 0.1) is 0 Å². The molecule has 0 aliphatic rings. The summed E-state index contributed by atoms with van der Waals surface area (Å²) in [6.07, 6.45) is 16.7. The second-order valence-corrected chi connectivity index (χ2v) is 13.6. The maximum Gasteiger partial charge on any atom is 0.115 e. The summed E-state index contributed by atoms with van der Waals surface area (Å²) >= 11 is 0. The van der Waals surface area contributed by atoms with Crippen LogP contribution >= 0.6 is 0 Å². The second kappa shape index (κ2) is 15.5. The molecule has 2 nitrogen and oxygen atoms in total. The van der Waals surface area contributed by atoms with E-state index in [9.17, 15) is 5.11 Å². The van der Waals surface area contributed by atoms with Crippen molar-refractivity contribution in [2.24, 2.45) is 0 Å². The second-order valence-electron chi connectivity index (χ2n) is 13.6. The van der Waals surface area contributed by atoms with Gasteiger partial charge in [-0.15, -0.1) is 0 Å². The van der Waals surface area contributed by atoms with Gasteiger partial charge in [-0.3, -0.25) is 4.98 Å². The number of aryl methyl sites for hydroxylation is 1. The molecule has 0 atom stereocenters. The number of phenols is 1. The van der Waals surface area contributed by atoms with Gasteiger partial charge in [0.1, 0.15) is 5.75 Å². The Balaban J connectivity index is 1.08. The Hall–Kier alpha value is -4.95.